The molecule has 1 aliphatic carbocycles. The molecule has 1 aromatic rings. The van der Waals surface area contributed by atoms with Crippen LogP contribution in [0.5, 0.6) is 0 Å². The van der Waals surface area contributed by atoms with Gasteiger partial charge in [-0.05, 0) is 43.7 Å². The number of para-hydroxylation sites is 1. The highest BCUT2D eigenvalue weighted by molar-refractivity contribution is 5.90. The van der Waals surface area contributed by atoms with Crippen molar-refractivity contribution < 1.29 is 9.59 Å². The third-order valence-corrected chi connectivity index (χ3v) is 5.54. The van der Waals surface area contributed by atoms with Gasteiger partial charge < -0.3 is 15.5 Å². The van der Waals surface area contributed by atoms with E-state index in [1.807, 2.05) is 30.3 Å². The van der Waals surface area contributed by atoms with Crippen molar-refractivity contribution in [1.29, 1.82) is 0 Å². The predicted octanol–water partition coefficient (Wildman–Crippen LogP) is 3.63. The molecule has 25 heavy (non-hydrogen) atoms. The van der Waals surface area contributed by atoms with Crippen LogP contribution in [-0.4, -0.2) is 36.0 Å². The topological polar surface area (TPSA) is 61.4 Å². The summed E-state index contributed by atoms with van der Waals surface area (Å²) in [6.07, 6.45) is 6.48. The van der Waals surface area contributed by atoms with E-state index in [2.05, 4.69) is 17.6 Å². The number of amides is 3. The number of likely N-dealkylation sites (tertiary alicyclic amines) is 1. The molecule has 1 aliphatic heterocycles. The molecule has 1 saturated carbocycles. The van der Waals surface area contributed by atoms with Gasteiger partial charge in [-0.15, -0.1) is 0 Å². The number of urea groups is 1. The maximum Gasteiger partial charge on any atom is 0.321 e. The van der Waals surface area contributed by atoms with E-state index in [1.165, 1.54) is 19.3 Å². The lowest BCUT2D eigenvalue weighted by Crippen LogP contribution is -2.50. The number of hydrogen-bond acceptors (Lipinski definition) is 2. The predicted molar refractivity (Wildman–Crippen MR) is 99.3 cm³/mol. The first-order valence-corrected chi connectivity index (χ1v) is 9.55. The normalized spacial score (nSPS) is 26.8. The second-order valence-corrected chi connectivity index (χ2v) is 7.46. The first-order chi connectivity index (χ1) is 12.1. The lowest BCUT2D eigenvalue weighted by molar-refractivity contribution is -0.127. The molecule has 0 radical (unpaired) electrons. The second kappa shape index (κ2) is 8.37. The third kappa shape index (κ3) is 4.74. The van der Waals surface area contributed by atoms with Crippen molar-refractivity contribution >= 4 is 17.6 Å². The van der Waals surface area contributed by atoms with Gasteiger partial charge in [0.2, 0.25) is 5.91 Å². The number of hydrogen-bond donors (Lipinski definition) is 2. The molecule has 2 aliphatic rings. The maximum absolute atomic E-state index is 12.7. The van der Waals surface area contributed by atoms with E-state index in [-0.39, 0.29) is 17.9 Å². The van der Waals surface area contributed by atoms with Crippen LogP contribution in [-0.2, 0) is 4.79 Å². The largest absolute Gasteiger partial charge is 0.353 e. The summed E-state index contributed by atoms with van der Waals surface area (Å²) < 4.78 is 0. The monoisotopic (exact) mass is 343 g/mol. The molecule has 2 fully saturated rings. The molecular weight excluding hydrogens is 314 g/mol. The molecule has 1 saturated heterocycles. The van der Waals surface area contributed by atoms with Gasteiger partial charge in [-0.25, -0.2) is 4.79 Å². The molecule has 136 valence electrons. The first kappa shape index (κ1) is 17.8. The average Bonchev–Trinajstić information content (AvgIpc) is 2.64. The van der Waals surface area contributed by atoms with E-state index in [4.69, 9.17) is 0 Å². The van der Waals surface area contributed by atoms with Gasteiger partial charge in [-0.2, -0.15) is 0 Å². The fourth-order valence-electron chi connectivity index (χ4n) is 3.93. The molecular formula is C20H29N3O2. The Morgan fingerprint density at radius 1 is 1.04 bits per heavy atom. The van der Waals surface area contributed by atoms with E-state index in [1.54, 1.807) is 4.90 Å². The molecule has 1 heterocycles. The Bertz CT molecular complexity index is 590. The van der Waals surface area contributed by atoms with Crippen molar-refractivity contribution in [2.75, 3.05) is 18.4 Å². The van der Waals surface area contributed by atoms with E-state index >= 15 is 0 Å². The number of anilines is 1. The summed E-state index contributed by atoms with van der Waals surface area (Å²) in [7, 11) is 0. The minimum atomic E-state index is -0.116. The third-order valence-electron chi connectivity index (χ3n) is 5.54. The summed E-state index contributed by atoms with van der Waals surface area (Å²) in [5.41, 5.74) is 0.787. The fraction of sp³-hybridized carbons (Fsp3) is 0.600. The molecule has 5 heteroatoms. The van der Waals surface area contributed by atoms with Gasteiger partial charge >= 0.3 is 6.03 Å². The van der Waals surface area contributed by atoms with Crippen LogP contribution in [0.15, 0.2) is 30.3 Å². The Morgan fingerprint density at radius 3 is 2.56 bits per heavy atom. The van der Waals surface area contributed by atoms with E-state index in [0.717, 1.165) is 24.9 Å². The molecule has 3 amide bonds. The number of carbonyl (C=O) groups is 2. The SMILES string of the molecule is CC1CCCCC1NC(=O)C1CCCN(C(=O)Nc2ccccc2)C1. The quantitative estimate of drug-likeness (QED) is 0.880. The summed E-state index contributed by atoms with van der Waals surface area (Å²) in [4.78, 5) is 26.9. The number of rotatable bonds is 3. The van der Waals surface area contributed by atoms with Gasteiger partial charge in [0.05, 0.1) is 5.92 Å². The minimum Gasteiger partial charge on any atom is -0.353 e. The molecule has 1 aromatic carbocycles. The number of benzene rings is 1. The Hall–Kier alpha value is -2.04. The number of carbonyl (C=O) groups excluding carboxylic acids is 2. The molecule has 0 bridgehead atoms. The Labute approximate surface area is 150 Å². The molecule has 0 spiro atoms. The van der Waals surface area contributed by atoms with Crippen molar-refractivity contribution in [2.45, 2.75) is 51.5 Å². The highest BCUT2D eigenvalue weighted by Crippen LogP contribution is 2.25. The fourth-order valence-corrected chi connectivity index (χ4v) is 3.93. The van der Waals surface area contributed by atoms with E-state index in [9.17, 15) is 9.59 Å². The number of piperidine rings is 1. The van der Waals surface area contributed by atoms with Crippen LogP contribution in [0.25, 0.3) is 0 Å². The summed E-state index contributed by atoms with van der Waals surface area (Å²) in [5.74, 6) is 0.583. The van der Waals surface area contributed by atoms with Crippen molar-refractivity contribution in [1.82, 2.24) is 10.2 Å². The number of nitrogens with zero attached hydrogens (tertiary/aromatic N) is 1. The molecule has 3 atom stereocenters. The van der Waals surface area contributed by atoms with Gasteiger partial charge in [-0.3, -0.25) is 4.79 Å². The molecule has 3 rings (SSSR count). The van der Waals surface area contributed by atoms with Gasteiger partial charge in [0.15, 0.2) is 0 Å². The number of nitrogens with one attached hydrogen (secondary N) is 2. The van der Waals surface area contributed by atoms with Crippen LogP contribution >= 0.6 is 0 Å². The van der Waals surface area contributed by atoms with E-state index in [0.29, 0.717) is 25.0 Å². The standard InChI is InChI=1S/C20H29N3O2/c1-15-8-5-6-12-18(15)22-19(24)16-9-7-13-23(14-16)20(25)21-17-10-3-2-4-11-17/h2-4,10-11,15-16,18H,5-9,12-14H2,1H3,(H,21,25)(H,22,24). The zero-order valence-electron chi connectivity index (χ0n) is 15.0. The second-order valence-electron chi connectivity index (χ2n) is 7.46. The van der Waals surface area contributed by atoms with Crippen LogP contribution in [0, 0.1) is 11.8 Å². The van der Waals surface area contributed by atoms with Crippen molar-refractivity contribution in [3.05, 3.63) is 30.3 Å². The summed E-state index contributed by atoms with van der Waals surface area (Å²) in [5, 5.41) is 6.17. The zero-order chi connectivity index (χ0) is 17.6. The lowest BCUT2D eigenvalue weighted by Gasteiger charge is -2.35. The van der Waals surface area contributed by atoms with Crippen LogP contribution in [0.3, 0.4) is 0 Å². The van der Waals surface area contributed by atoms with Gasteiger partial charge in [0.1, 0.15) is 0 Å². The van der Waals surface area contributed by atoms with E-state index < -0.39 is 0 Å². The Morgan fingerprint density at radius 2 is 1.80 bits per heavy atom. The van der Waals surface area contributed by atoms with Crippen LogP contribution < -0.4 is 10.6 Å². The average molecular weight is 343 g/mol. The zero-order valence-corrected chi connectivity index (χ0v) is 15.0. The summed E-state index contributed by atoms with van der Waals surface area (Å²) >= 11 is 0. The maximum atomic E-state index is 12.7. The Balaban J connectivity index is 1.53. The molecule has 2 N–H and O–H groups in total. The highest BCUT2D eigenvalue weighted by Gasteiger charge is 2.31. The minimum absolute atomic E-state index is 0.0931. The molecule has 5 nitrogen and oxygen atoms in total. The molecule has 0 aromatic heterocycles. The van der Waals surface area contributed by atoms with Crippen LogP contribution in [0.1, 0.15) is 45.4 Å². The highest BCUT2D eigenvalue weighted by atomic mass is 16.2. The van der Waals surface area contributed by atoms with Gasteiger partial charge in [-0.1, -0.05) is 38.0 Å². The van der Waals surface area contributed by atoms with Crippen LogP contribution in [0.4, 0.5) is 10.5 Å². The van der Waals surface area contributed by atoms with Crippen molar-refractivity contribution in [2.24, 2.45) is 11.8 Å². The first-order valence-electron chi connectivity index (χ1n) is 9.55. The van der Waals surface area contributed by atoms with Gasteiger partial charge in [0, 0.05) is 24.8 Å². The summed E-state index contributed by atoms with van der Waals surface area (Å²) in [6, 6.07) is 9.64. The van der Waals surface area contributed by atoms with Crippen LogP contribution in [0.2, 0.25) is 0 Å². The molecule has 3 unspecified atom stereocenters. The van der Waals surface area contributed by atoms with Crippen molar-refractivity contribution in [3.8, 4) is 0 Å². The summed E-state index contributed by atoms with van der Waals surface area (Å²) in [6.45, 7) is 3.44. The Kier molecular flexibility index (Phi) is 5.95. The smallest absolute Gasteiger partial charge is 0.321 e. The van der Waals surface area contributed by atoms with Gasteiger partial charge in [0.25, 0.3) is 0 Å². The van der Waals surface area contributed by atoms with Crippen molar-refractivity contribution in [3.63, 3.8) is 0 Å². The lowest BCUT2D eigenvalue weighted by atomic mass is 9.85.